The van der Waals surface area contributed by atoms with Crippen LogP contribution in [0.25, 0.3) is 0 Å². The van der Waals surface area contributed by atoms with Gasteiger partial charge in [-0.3, -0.25) is 4.90 Å². The van der Waals surface area contributed by atoms with Gasteiger partial charge < -0.3 is 9.30 Å². The Bertz CT molecular complexity index is 787. The maximum absolute atomic E-state index is 5.70. The summed E-state index contributed by atoms with van der Waals surface area (Å²) in [6, 6.07) is 9.01. The highest BCUT2D eigenvalue weighted by Crippen LogP contribution is 2.39. The normalized spacial score (nSPS) is 17.2. The van der Waals surface area contributed by atoms with Gasteiger partial charge in [-0.15, -0.1) is 0 Å². The van der Waals surface area contributed by atoms with Gasteiger partial charge in [-0.1, -0.05) is 12.1 Å². The van der Waals surface area contributed by atoms with Gasteiger partial charge in [0, 0.05) is 25.0 Å². The molecule has 25 heavy (non-hydrogen) atoms. The summed E-state index contributed by atoms with van der Waals surface area (Å²) in [4.78, 5) is 2.50. The first-order valence-electron chi connectivity index (χ1n) is 9.24. The lowest BCUT2D eigenvalue weighted by molar-refractivity contribution is 0.186. The molecule has 4 rings (SSSR count). The van der Waals surface area contributed by atoms with Crippen LogP contribution in [0, 0.1) is 4.77 Å². The first-order valence-corrected chi connectivity index (χ1v) is 9.65. The second-order valence-corrected chi connectivity index (χ2v) is 7.49. The first kappa shape index (κ1) is 16.8. The van der Waals surface area contributed by atoms with Gasteiger partial charge in [0.2, 0.25) is 0 Å². The average Bonchev–Trinajstić information content (AvgIpc) is 3.54. The van der Waals surface area contributed by atoms with Crippen LogP contribution in [0.4, 0.5) is 0 Å². The largest absolute Gasteiger partial charge is 0.497 e. The van der Waals surface area contributed by atoms with E-state index in [2.05, 4.69) is 28.5 Å². The molecule has 1 aromatic heterocycles. The zero-order valence-electron chi connectivity index (χ0n) is 15.0. The molecule has 0 atom stereocenters. The summed E-state index contributed by atoms with van der Waals surface area (Å²) in [5.41, 5.74) is 1.30. The fraction of sp³-hybridized carbons (Fsp3) is 0.579. The summed E-state index contributed by atoms with van der Waals surface area (Å²) in [6.45, 7) is 4.77. The quantitative estimate of drug-likeness (QED) is 0.670. The summed E-state index contributed by atoms with van der Waals surface area (Å²) < 4.78 is 10.4. The lowest BCUT2D eigenvalue weighted by atomic mass is 10.2. The molecule has 2 fully saturated rings. The minimum Gasteiger partial charge on any atom is -0.497 e. The average molecular weight is 359 g/mol. The third-order valence-electron chi connectivity index (χ3n) is 5.13. The molecule has 0 saturated heterocycles. The Balaban J connectivity index is 1.53. The lowest BCUT2D eigenvalue weighted by Crippen LogP contribution is -2.29. The molecular weight excluding hydrogens is 332 g/mol. The van der Waals surface area contributed by atoms with Gasteiger partial charge in [0.1, 0.15) is 11.6 Å². The lowest BCUT2D eigenvalue weighted by Gasteiger charge is -2.22. The van der Waals surface area contributed by atoms with Gasteiger partial charge in [0.05, 0.1) is 13.8 Å². The van der Waals surface area contributed by atoms with Crippen molar-refractivity contribution in [3.63, 3.8) is 0 Å². The van der Waals surface area contributed by atoms with E-state index in [4.69, 9.17) is 22.1 Å². The standard InChI is InChI=1S/C19H26N4OS/c1-3-22-18(15-6-7-15)20-23(19(22)25)13-21(16-8-9-16)12-14-4-10-17(24-2)11-5-14/h4-5,10-11,15-16H,3,6-9,12-13H2,1-2H3. The van der Waals surface area contributed by atoms with Crippen LogP contribution >= 0.6 is 12.2 Å². The SMILES string of the molecule is CCn1c(C2CC2)nn(CN(Cc2ccc(OC)cc2)C2CC2)c1=S. The molecule has 134 valence electrons. The first-order chi connectivity index (χ1) is 12.2. The van der Waals surface area contributed by atoms with Gasteiger partial charge in [0.25, 0.3) is 0 Å². The molecule has 0 radical (unpaired) electrons. The van der Waals surface area contributed by atoms with Crippen LogP contribution in [0.3, 0.4) is 0 Å². The number of nitrogens with zero attached hydrogens (tertiary/aromatic N) is 4. The fourth-order valence-corrected chi connectivity index (χ4v) is 3.68. The third-order valence-corrected chi connectivity index (χ3v) is 5.56. The van der Waals surface area contributed by atoms with Crippen molar-refractivity contribution in [1.82, 2.24) is 19.2 Å². The van der Waals surface area contributed by atoms with Crippen LogP contribution in [0.15, 0.2) is 24.3 Å². The van der Waals surface area contributed by atoms with Crippen molar-refractivity contribution in [2.24, 2.45) is 0 Å². The van der Waals surface area contributed by atoms with Gasteiger partial charge in [-0.2, -0.15) is 5.10 Å². The maximum atomic E-state index is 5.70. The molecule has 0 unspecified atom stereocenters. The summed E-state index contributed by atoms with van der Waals surface area (Å²) in [5, 5.41) is 4.88. The van der Waals surface area contributed by atoms with Gasteiger partial charge in [-0.25, -0.2) is 4.68 Å². The van der Waals surface area contributed by atoms with E-state index >= 15 is 0 Å². The topological polar surface area (TPSA) is 35.2 Å². The van der Waals surface area contributed by atoms with Crippen LogP contribution < -0.4 is 4.74 Å². The van der Waals surface area contributed by atoms with E-state index in [0.29, 0.717) is 12.0 Å². The Kier molecular flexibility index (Phi) is 4.65. The van der Waals surface area contributed by atoms with Crippen molar-refractivity contribution in [3.05, 3.63) is 40.4 Å². The predicted molar refractivity (Wildman–Crippen MR) is 100 cm³/mol. The van der Waals surface area contributed by atoms with Crippen molar-refractivity contribution in [2.75, 3.05) is 7.11 Å². The van der Waals surface area contributed by atoms with Crippen molar-refractivity contribution < 1.29 is 4.74 Å². The van der Waals surface area contributed by atoms with Crippen molar-refractivity contribution in [2.45, 2.75) is 64.3 Å². The smallest absolute Gasteiger partial charge is 0.199 e. The highest BCUT2D eigenvalue weighted by molar-refractivity contribution is 7.71. The fourth-order valence-electron chi connectivity index (χ4n) is 3.36. The molecule has 2 aliphatic carbocycles. The van der Waals surface area contributed by atoms with E-state index in [9.17, 15) is 0 Å². The highest BCUT2D eigenvalue weighted by Gasteiger charge is 2.32. The van der Waals surface area contributed by atoms with Crippen LogP contribution in [-0.2, 0) is 19.8 Å². The Morgan fingerprint density at radius 2 is 1.92 bits per heavy atom. The number of rotatable bonds is 8. The van der Waals surface area contributed by atoms with Gasteiger partial charge >= 0.3 is 0 Å². The summed E-state index contributed by atoms with van der Waals surface area (Å²) in [5.74, 6) is 2.71. The Morgan fingerprint density at radius 3 is 2.48 bits per heavy atom. The Morgan fingerprint density at radius 1 is 1.20 bits per heavy atom. The molecule has 6 heteroatoms. The maximum Gasteiger partial charge on any atom is 0.199 e. The summed E-state index contributed by atoms with van der Waals surface area (Å²) >= 11 is 5.70. The minimum absolute atomic E-state index is 0.624. The van der Waals surface area contributed by atoms with E-state index in [1.54, 1.807) is 7.11 Å². The summed E-state index contributed by atoms with van der Waals surface area (Å²) in [7, 11) is 1.70. The molecule has 2 aliphatic rings. The molecular formula is C19H26N4OS. The molecule has 0 aliphatic heterocycles. The zero-order valence-corrected chi connectivity index (χ0v) is 15.8. The molecule has 0 spiro atoms. The van der Waals surface area contributed by atoms with Crippen LogP contribution in [0.5, 0.6) is 5.75 Å². The van der Waals surface area contributed by atoms with Crippen LogP contribution in [-0.4, -0.2) is 32.4 Å². The Hall–Kier alpha value is -1.66. The molecule has 2 saturated carbocycles. The number of ether oxygens (including phenoxy) is 1. The van der Waals surface area contributed by atoms with Crippen molar-refractivity contribution in [1.29, 1.82) is 0 Å². The zero-order chi connectivity index (χ0) is 17.4. The van der Waals surface area contributed by atoms with Crippen LogP contribution in [0.1, 0.15) is 49.9 Å². The second-order valence-electron chi connectivity index (χ2n) is 7.13. The molecule has 0 N–H and O–H groups in total. The van der Waals surface area contributed by atoms with E-state index in [1.165, 1.54) is 37.1 Å². The predicted octanol–water partition coefficient (Wildman–Crippen LogP) is 3.94. The van der Waals surface area contributed by atoms with E-state index in [0.717, 1.165) is 30.3 Å². The van der Waals surface area contributed by atoms with E-state index in [-0.39, 0.29) is 0 Å². The van der Waals surface area contributed by atoms with Gasteiger partial charge in [0.15, 0.2) is 4.77 Å². The Labute approximate surface area is 154 Å². The molecule has 0 amide bonds. The molecule has 5 nitrogen and oxygen atoms in total. The van der Waals surface area contributed by atoms with E-state index in [1.807, 2.05) is 16.8 Å². The molecule has 0 bridgehead atoms. The number of methoxy groups -OCH3 is 1. The van der Waals surface area contributed by atoms with Crippen molar-refractivity contribution in [3.8, 4) is 5.75 Å². The molecule has 1 heterocycles. The molecule has 1 aromatic carbocycles. The number of benzene rings is 1. The highest BCUT2D eigenvalue weighted by atomic mass is 32.1. The minimum atomic E-state index is 0.624. The van der Waals surface area contributed by atoms with Crippen molar-refractivity contribution >= 4 is 12.2 Å². The summed E-state index contributed by atoms with van der Waals surface area (Å²) in [6.07, 6.45) is 5.05. The number of aromatic nitrogens is 3. The van der Waals surface area contributed by atoms with E-state index < -0.39 is 0 Å². The number of hydrogen-bond donors (Lipinski definition) is 0. The third kappa shape index (κ3) is 3.65. The molecule has 2 aromatic rings. The van der Waals surface area contributed by atoms with Crippen LogP contribution in [0.2, 0.25) is 0 Å². The van der Waals surface area contributed by atoms with Gasteiger partial charge in [-0.05, 0) is 62.5 Å². The second kappa shape index (κ2) is 6.92. The number of hydrogen-bond acceptors (Lipinski definition) is 4. The monoisotopic (exact) mass is 358 g/mol.